The Morgan fingerprint density at radius 1 is 0.842 bits per heavy atom. The van der Waals surface area contributed by atoms with E-state index in [1.807, 2.05) is 0 Å². The lowest BCUT2D eigenvalue weighted by atomic mass is 9.99. The van der Waals surface area contributed by atoms with Gasteiger partial charge in [0.05, 0.1) is 0 Å². The third-order valence-electron chi connectivity index (χ3n) is 3.60. The molecule has 0 amide bonds. The van der Waals surface area contributed by atoms with Crippen molar-refractivity contribution in [1.29, 1.82) is 0 Å². The minimum absolute atomic E-state index is 0.154. The average molecular weight is 253 g/mol. The quantitative estimate of drug-likeness (QED) is 0.820. The second kappa shape index (κ2) is 6.53. The highest BCUT2D eigenvalue weighted by Gasteiger charge is 2.03. The zero-order chi connectivity index (χ0) is 13.7. The van der Waals surface area contributed by atoms with Crippen molar-refractivity contribution in [2.75, 3.05) is 0 Å². The summed E-state index contributed by atoms with van der Waals surface area (Å²) in [6, 6.07) is 17.6. The molecule has 2 aromatic carbocycles. The van der Waals surface area contributed by atoms with Gasteiger partial charge in [0.2, 0.25) is 0 Å². The number of aryl methyl sites for hydroxylation is 1. The van der Waals surface area contributed by atoms with E-state index >= 15 is 0 Å². The van der Waals surface area contributed by atoms with Crippen molar-refractivity contribution in [1.82, 2.24) is 0 Å². The molecule has 1 nitrogen and oxygen atoms in total. The Morgan fingerprint density at radius 3 is 1.84 bits per heavy atom. The minimum Gasteiger partial charge on any atom is -0.324 e. The summed E-state index contributed by atoms with van der Waals surface area (Å²) in [4.78, 5) is 0. The summed E-state index contributed by atoms with van der Waals surface area (Å²) >= 11 is 0. The molecule has 0 heterocycles. The molecule has 1 unspecified atom stereocenters. The maximum absolute atomic E-state index is 6.04. The second-order valence-electron chi connectivity index (χ2n) is 5.08. The molecular formula is C18H23N. The van der Waals surface area contributed by atoms with E-state index in [4.69, 9.17) is 5.73 Å². The Labute approximate surface area is 116 Å². The van der Waals surface area contributed by atoms with Crippen LogP contribution >= 0.6 is 0 Å². The summed E-state index contributed by atoms with van der Waals surface area (Å²) in [5.41, 5.74) is 11.2. The highest BCUT2D eigenvalue weighted by molar-refractivity contribution is 5.64. The summed E-state index contributed by atoms with van der Waals surface area (Å²) in [6.45, 7) is 4.33. The number of hydrogen-bond donors (Lipinski definition) is 1. The minimum atomic E-state index is 0.154. The molecule has 0 saturated carbocycles. The molecule has 0 saturated heterocycles. The van der Waals surface area contributed by atoms with Crippen molar-refractivity contribution < 1.29 is 0 Å². The molecular weight excluding hydrogens is 230 g/mol. The molecule has 19 heavy (non-hydrogen) atoms. The van der Waals surface area contributed by atoms with Gasteiger partial charge in [0.1, 0.15) is 0 Å². The molecule has 0 aliphatic rings. The van der Waals surface area contributed by atoms with Crippen LogP contribution in [-0.4, -0.2) is 0 Å². The molecule has 1 atom stereocenters. The van der Waals surface area contributed by atoms with Gasteiger partial charge in [0.15, 0.2) is 0 Å². The molecule has 2 aromatic rings. The second-order valence-corrected chi connectivity index (χ2v) is 5.08. The van der Waals surface area contributed by atoms with Crippen molar-refractivity contribution in [3.63, 3.8) is 0 Å². The fraction of sp³-hybridized carbons (Fsp3) is 0.333. The summed E-state index contributed by atoms with van der Waals surface area (Å²) in [6.07, 6.45) is 3.33. The van der Waals surface area contributed by atoms with E-state index in [2.05, 4.69) is 62.4 Å². The van der Waals surface area contributed by atoms with Gasteiger partial charge in [-0.1, -0.05) is 68.8 Å². The van der Waals surface area contributed by atoms with Crippen LogP contribution in [0, 0.1) is 0 Å². The largest absolute Gasteiger partial charge is 0.324 e. The molecule has 0 bridgehead atoms. The van der Waals surface area contributed by atoms with Crippen LogP contribution in [0.5, 0.6) is 0 Å². The van der Waals surface area contributed by atoms with E-state index in [1.165, 1.54) is 28.7 Å². The lowest BCUT2D eigenvalue weighted by molar-refractivity contribution is 0.699. The Bertz CT molecular complexity index is 496. The Kier molecular flexibility index (Phi) is 4.75. The van der Waals surface area contributed by atoms with Gasteiger partial charge in [-0.3, -0.25) is 0 Å². The zero-order valence-electron chi connectivity index (χ0n) is 11.9. The van der Waals surface area contributed by atoms with E-state index in [1.54, 1.807) is 0 Å². The molecule has 0 radical (unpaired) electrons. The maximum Gasteiger partial charge on any atom is 0.0292 e. The van der Waals surface area contributed by atoms with Gasteiger partial charge < -0.3 is 5.73 Å². The van der Waals surface area contributed by atoms with Crippen LogP contribution in [0.2, 0.25) is 0 Å². The first-order valence-corrected chi connectivity index (χ1v) is 7.19. The lowest BCUT2D eigenvalue weighted by Crippen LogP contribution is -2.07. The van der Waals surface area contributed by atoms with Gasteiger partial charge in [0.25, 0.3) is 0 Å². The first-order chi connectivity index (χ1) is 9.24. The Balaban J connectivity index is 2.17. The summed E-state index contributed by atoms with van der Waals surface area (Å²) in [5, 5.41) is 0. The van der Waals surface area contributed by atoms with Crippen molar-refractivity contribution in [2.24, 2.45) is 5.73 Å². The van der Waals surface area contributed by atoms with Gasteiger partial charge in [-0.05, 0) is 35.1 Å². The van der Waals surface area contributed by atoms with Gasteiger partial charge in [0, 0.05) is 6.04 Å². The first-order valence-electron chi connectivity index (χ1n) is 7.19. The van der Waals surface area contributed by atoms with Crippen LogP contribution in [0.25, 0.3) is 11.1 Å². The van der Waals surface area contributed by atoms with Crippen LogP contribution in [-0.2, 0) is 6.42 Å². The Hall–Kier alpha value is -1.60. The fourth-order valence-electron chi connectivity index (χ4n) is 2.31. The number of hydrogen-bond acceptors (Lipinski definition) is 1. The van der Waals surface area contributed by atoms with E-state index in [0.29, 0.717) is 0 Å². The number of nitrogens with two attached hydrogens (primary N) is 1. The van der Waals surface area contributed by atoms with Gasteiger partial charge in [-0.25, -0.2) is 0 Å². The third kappa shape index (κ3) is 3.45. The van der Waals surface area contributed by atoms with Crippen molar-refractivity contribution in [3.8, 4) is 11.1 Å². The predicted molar refractivity (Wildman–Crippen MR) is 83.1 cm³/mol. The van der Waals surface area contributed by atoms with Crippen LogP contribution in [0.1, 0.15) is 43.9 Å². The number of rotatable bonds is 5. The molecule has 0 aliphatic carbocycles. The van der Waals surface area contributed by atoms with E-state index in [0.717, 1.165) is 12.8 Å². The monoisotopic (exact) mass is 253 g/mol. The van der Waals surface area contributed by atoms with Gasteiger partial charge >= 0.3 is 0 Å². The summed E-state index contributed by atoms with van der Waals surface area (Å²) in [7, 11) is 0. The van der Waals surface area contributed by atoms with E-state index in [9.17, 15) is 0 Å². The molecule has 2 N–H and O–H groups in total. The molecule has 100 valence electrons. The third-order valence-corrected chi connectivity index (χ3v) is 3.60. The molecule has 0 aromatic heterocycles. The van der Waals surface area contributed by atoms with Crippen molar-refractivity contribution >= 4 is 0 Å². The highest BCUT2D eigenvalue weighted by atomic mass is 14.6. The van der Waals surface area contributed by atoms with Crippen LogP contribution in [0.3, 0.4) is 0 Å². The lowest BCUT2D eigenvalue weighted by Gasteiger charge is -2.10. The predicted octanol–water partition coefficient (Wildman–Crippen LogP) is 4.72. The van der Waals surface area contributed by atoms with Crippen molar-refractivity contribution in [2.45, 2.75) is 39.2 Å². The molecule has 1 heteroatoms. The smallest absolute Gasteiger partial charge is 0.0292 e. The maximum atomic E-state index is 6.04. The molecule has 0 fully saturated rings. The van der Waals surface area contributed by atoms with E-state index < -0.39 is 0 Å². The summed E-state index contributed by atoms with van der Waals surface area (Å²) < 4.78 is 0. The Morgan fingerprint density at radius 2 is 1.37 bits per heavy atom. The van der Waals surface area contributed by atoms with E-state index in [-0.39, 0.29) is 6.04 Å². The zero-order valence-corrected chi connectivity index (χ0v) is 11.9. The van der Waals surface area contributed by atoms with Crippen molar-refractivity contribution in [3.05, 3.63) is 59.7 Å². The topological polar surface area (TPSA) is 26.0 Å². The highest BCUT2D eigenvalue weighted by Crippen LogP contribution is 2.23. The average Bonchev–Trinajstić information content (AvgIpc) is 2.48. The molecule has 0 aliphatic heterocycles. The molecule has 0 spiro atoms. The normalized spacial score (nSPS) is 12.4. The van der Waals surface area contributed by atoms with Crippen LogP contribution in [0.15, 0.2) is 48.5 Å². The van der Waals surface area contributed by atoms with Crippen LogP contribution in [0.4, 0.5) is 0 Å². The first kappa shape index (κ1) is 13.8. The SMILES string of the molecule is CCCc1ccc(-c2ccc(C(N)CC)cc2)cc1. The van der Waals surface area contributed by atoms with Gasteiger partial charge in [-0.15, -0.1) is 0 Å². The van der Waals surface area contributed by atoms with Crippen LogP contribution < -0.4 is 5.73 Å². The standard InChI is InChI=1S/C18H23N/c1-3-5-14-6-8-15(9-7-14)16-10-12-17(13-11-16)18(19)4-2/h6-13,18H,3-5,19H2,1-2H3. The fourth-order valence-corrected chi connectivity index (χ4v) is 2.31. The number of benzene rings is 2. The summed E-state index contributed by atoms with van der Waals surface area (Å²) in [5.74, 6) is 0. The molecule has 2 rings (SSSR count). The van der Waals surface area contributed by atoms with Gasteiger partial charge in [-0.2, -0.15) is 0 Å².